The van der Waals surface area contributed by atoms with E-state index in [1.165, 1.54) is 0 Å². The molecule has 21 heavy (non-hydrogen) atoms. The molecule has 2 N–H and O–H groups in total. The van der Waals surface area contributed by atoms with Crippen LogP contribution in [0.2, 0.25) is 5.02 Å². The van der Waals surface area contributed by atoms with Crippen molar-refractivity contribution in [2.24, 2.45) is 0 Å². The molecule has 102 valence electrons. The standard InChI is InChI=1S/C16H10ClN3O/c17-12-6-3-5-10-8-14(19-15(10)12)16(21)20-13-7-2-1-4-11(13)9-18/h1-8,19H,(H,20,21). The number of anilines is 1. The highest BCUT2D eigenvalue weighted by molar-refractivity contribution is 6.35. The van der Waals surface area contributed by atoms with Crippen molar-refractivity contribution < 1.29 is 4.79 Å². The van der Waals surface area contributed by atoms with E-state index in [9.17, 15) is 4.79 Å². The van der Waals surface area contributed by atoms with Gasteiger partial charge < -0.3 is 10.3 Å². The van der Waals surface area contributed by atoms with Crippen molar-refractivity contribution in [2.75, 3.05) is 5.32 Å². The fraction of sp³-hybridized carbons (Fsp3) is 0. The Morgan fingerprint density at radius 1 is 1.19 bits per heavy atom. The fourth-order valence-corrected chi connectivity index (χ4v) is 2.35. The van der Waals surface area contributed by atoms with Gasteiger partial charge in [0.05, 0.1) is 21.8 Å². The number of hydrogen-bond donors (Lipinski definition) is 2. The fourth-order valence-electron chi connectivity index (χ4n) is 2.12. The van der Waals surface area contributed by atoms with Crippen LogP contribution in [-0.4, -0.2) is 10.9 Å². The van der Waals surface area contributed by atoms with Gasteiger partial charge in [-0.2, -0.15) is 5.26 Å². The second-order valence-corrected chi connectivity index (χ2v) is 4.91. The number of para-hydroxylation sites is 2. The van der Waals surface area contributed by atoms with Gasteiger partial charge in [0.2, 0.25) is 0 Å². The average molecular weight is 296 g/mol. The van der Waals surface area contributed by atoms with E-state index in [4.69, 9.17) is 16.9 Å². The van der Waals surface area contributed by atoms with E-state index in [0.29, 0.717) is 22.0 Å². The lowest BCUT2D eigenvalue weighted by molar-refractivity contribution is 0.102. The van der Waals surface area contributed by atoms with Crippen LogP contribution in [0, 0.1) is 11.3 Å². The molecule has 1 heterocycles. The molecular weight excluding hydrogens is 286 g/mol. The normalized spacial score (nSPS) is 10.3. The third-order valence-corrected chi connectivity index (χ3v) is 3.46. The lowest BCUT2D eigenvalue weighted by Gasteiger charge is -2.05. The van der Waals surface area contributed by atoms with Crippen LogP contribution >= 0.6 is 11.6 Å². The summed E-state index contributed by atoms with van der Waals surface area (Å²) in [7, 11) is 0. The summed E-state index contributed by atoms with van der Waals surface area (Å²) in [5, 5.41) is 13.2. The summed E-state index contributed by atoms with van der Waals surface area (Å²) < 4.78 is 0. The number of aromatic amines is 1. The summed E-state index contributed by atoms with van der Waals surface area (Å²) in [6, 6.07) is 16.1. The Morgan fingerprint density at radius 3 is 2.76 bits per heavy atom. The summed E-state index contributed by atoms with van der Waals surface area (Å²) in [5.74, 6) is -0.315. The predicted octanol–water partition coefficient (Wildman–Crippen LogP) is 3.95. The van der Waals surface area contributed by atoms with Crippen LogP contribution in [0.5, 0.6) is 0 Å². The molecule has 0 spiro atoms. The second kappa shape index (κ2) is 5.31. The number of nitrogens with one attached hydrogen (secondary N) is 2. The van der Waals surface area contributed by atoms with E-state index < -0.39 is 0 Å². The topological polar surface area (TPSA) is 68.7 Å². The minimum atomic E-state index is -0.315. The number of carbonyl (C=O) groups excluding carboxylic acids is 1. The molecule has 0 aliphatic carbocycles. The molecule has 1 amide bonds. The Labute approximate surface area is 126 Å². The first-order chi connectivity index (χ1) is 10.2. The molecule has 1 aromatic heterocycles. The zero-order valence-electron chi connectivity index (χ0n) is 10.9. The predicted molar refractivity (Wildman–Crippen MR) is 82.4 cm³/mol. The molecule has 3 aromatic rings. The Hall–Kier alpha value is -2.77. The second-order valence-electron chi connectivity index (χ2n) is 4.50. The van der Waals surface area contributed by atoms with E-state index in [2.05, 4.69) is 10.3 Å². The molecule has 3 rings (SSSR count). The van der Waals surface area contributed by atoms with Crippen LogP contribution in [0.15, 0.2) is 48.5 Å². The molecule has 0 saturated heterocycles. The maximum atomic E-state index is 12.3. The number of aromatic nitrogens is 1. The molecule has 0 saturated carbocycles. The maximum absolute atomic E-state index is 12.3. The van der Waals surface area contributed by atoms with Crippen LogP contribution in [-0.2, 0) is 0 Å². The first-order valence-electron chi connectivity index (χ1n) is 6.27. The summed E-state index contributed by atoms with van der Waals surface area (Å²) in [6.45, 7) is 0. The molecule has 2 aromatic carbocycles. The van der Waals surface area contributed by atoms with E-state index in [0.717, 1.165) is 10.9 Å². The number of amides is 1. The van der Waals surface area contributed by atoms with E-state index in [1.54, 1.807) is 36.4 Å². The van der Waals surface area contributed by atoms with Crippen LogP contribution in [0.1, 0.15) is 16.1 Å². The Kier molecular flexibility index (Phi) is 3.35. The van der Waals surface area contributed by atoms with Crippen molar-refractivity contribution in [3.63, 3.8) is 0 Å². The summed E-state index contributed by atoms with van der Waals surface area (Å²) in [6.07, 6.45) is 0. The molecule has 0 aliphatic rings. The zero-order chi connectivity index (χ0) is 14.8. The highest BCUT2D eigenvalue weighted by atomic mass is 35.5. The Bertz CT molecular complexity index is 877. The number of hydrogen-bond acceptors (Lipinski definition) is 2. The molecule has 5 heteroatoms. The highest BCUT2D eigenvalue weighted by Crippen LogP contribution is 2.24. The molecule has 0 fully saturated rings. The number of benzene rings is 2. The number of fused-ring (bicyclic) bond motifs is 1. The average Bonchev–Trinajstić information content (AvgIpc) is 2.93. The monoisotopic (exact) mass is 295 g/mol. The number of nitrogens with zero attached hydrogens (tertiary/aromatic N) is 1. The van der Waals surface area contributed by atoms with Gasteiger partial charge >= 0.3 is 0 Å². The van der Waals surface area contributed by atoms with Crippen LogP contribution in [0.25, 0.3) is 10.9 Å². The number of halogens is 1. The van der Waals surface area contributed by atoms with Gasteiger partial charge in [-0.1, -0.05) is 35.9 Å². The van der Waals surface area contributed by atoms with Crippen molar-refractivity contribution >= 4 is 34.1 Å². The minimum Gasteiger partial charge on any atom is -0.349 e. The summed E-state index contributed by atoms with van der Waals surface area (Å²) in [4.78, 5) is 15.3. The molecule has 0 atom stereocenters. The van der Waals surface area contributed by atoms with Gasteiger partial charge in [0.15, 0.2) is 0 Å². The van der Waals surface area contributed by atoms with Crippen molar-refractivity contribution in [2.45, 2.75) is 0 Å². The van der Waals surface area contributed by atoms with E-state index in [-0.39, 0.29) is 5.91 Å². The molecule has 0 aliphatic heterocycles. The third-order valence-electron chi connectivity index (χ3n) is 3.15. The number of H-pyrrole nitrogens is 1. The van der Waals surface area contributed by atoms with Crippen molar-refractivity contribution in [1.29, 1.82) is 5.26 Å². The van der Waals surface area contributed by atoms with E-state index >= 15 is 0 Å². The number of nitriles is 1. The SMILES string of the molecule is N#Cc1ccccc1NC(=O)c1cc2cccc(Cl)c2[nH]1. The van der Waals surface area contributed by atoms with Crippen molar-refractivity contribution in [1.82, 2.24) is 4.98 Å². The quantitative estimate of drug-likeness (QED) is 0.751. The van der Waals surface area contributed by atoms with Crippen LogP contribution < -0.4 is 5.32 Å². The summed E-state index contributed by atoms with van der Waals surface area (Å²) >= 11 is 6.08. The van der Waals surface area contributed by atoms with Gasteiger partial charge in [-0.05, 0) is 24.3 Å². The lowest BCUT2D eigenvalue weighted by atomic mass is 10.2. The Balaban J connectivity index is 1.94. The van der Waals surface area contributed by atoms with Crippen molar-refractivity contribution in [3.05, 3.63) is 64.8 Å². The third kappa shape index (κ3) is 2.47. The molecule has 0 radical (unpaired) electrons. The van der Waals surface area contributed by atoms with Gasteiger partial charge in [-0.15, -0.1) is 0 Å². The number of rotatable bonds is 2. The maximum Gasteiger partial charge on any atom is 0.272 e. The molecule has 4 nitrogen and oxygen atoms in total. The largest absolute Gasteiger partial charge is 0.349 e. The molecule has 0 bridgehead atoms. The lowest BCUT2D eigenvalue weighted by Crippen LogP contribution is -2.13. The van der Waals surface area contributed by atoms with Crippen LogP contribution in [0.4, 0.5) is 5.69 Å². The summed E-state index contributed by atoms with van der Waals surface area (Å²) in [5.41, 5.74) is 2.01. The van der Waals surface area contributed by atoms with Gasteiger partial charge in [0, 0.05) is 5.39 Å². The van der Waals surface area contributed by atoms with E-state index in [1.807, 2.05) is 18.2 Å². The highest BCUT2D eigenvalue weighted by Gasteiger charge is 2.12. The molecular formula is C16H10ClN3O. The zero-order valence-corrected chi connectivity index (χ0v) is 11.6. The molecule has 0 unspecified atom stereocenters. The Morgan fingerprint density at radius 2 is 2.00 bits per heavy atom. The van der Waals surface area contributed by atoms with Crippen molar-refractivity contribution in [3.8, 4) is 6.07 Å². The number of carbonyl (C=O) groups is 1. The first kappa shape index (κ1) is 13.2. The van der Waals surface area contributed by atoms with Gasteiger partial charge in [0.1, 0.15) is 11.8 Å². The minimum absolute atomic E-state index is 0.315. The van der Waals surface area contributed by atoms with Gasteiger partial charge in [-0.3, -0.25) is 4.79 Å². The van der Waals surface area contributed by atoms with Gasteiger partial charge in [0.25, 0.3) is 5.91 Å². The van der Waals surface area contributed by atoms with Gasteiger partial charge in [-0.25, -0.2) is 0 Å². The van der Waals surface area contributed by atoms with Crippen LogP contribution in [0.3, 0.4) is 0 Å². The smallest absolute Gasteiger partial charge is 0.272 e. The first-order valence-corrected chi connectivity index (χ1v) is 6.64.